The number of fused-ring (bicyclic) bond motifs is 1. The molecule has 0 amide bonds. The molecule has 1 heterocycles. The highest BCUT2D eigenvalue weighted by atomic mass is 32.2. The molecule has 12 heteroatoms. The van der Waals surface area contributed by atoms with Crippen molar-refractivity contribution in [3.05, 3.63) is 66.7 Å². The predicted octanol–water partition coefficient (Wildman–Crippen LogP) is 3.30. The van der Waals surface area contributed by atoms with Crippen LogP contribution >= 0.6 is 11.7 Å². The molecule has 0 saturated heterocycles. The molecule has 31 heavy (non-hydrogen) atoms. The molecule has 9 nitrogen and oxygen atoms in total. The lowest BCUT2D eigenvalue weighted by Crippen LogP contribution is -2.15. The first-order valence-corrected chi connectivity index (χ1v) is 12.5. The molecule has 0 bridgehead atoms. The van der Waals surface area contributed by atoms with E-state index in [1.165, 1.54) is 37.4 Å². The molecule has 3 aromatic carbocycles. The number of nitrogens with zero attached hydrogens (tertiary/aromatic N) is 2. The van der Waals surface area contributed by atoms with Gasteiger partial charge in [0.1, 0.15) is 21.7 Å². The Kier molecular flexibility index (Phi) is 5.52. The molecule has 0 saturated carbocycles. The molecular formula is C19H16N4O5S3. The number of sulfonamides is 2. The van der Waals surface area contributed by atoms with Crippen LogP contribution in [0.25, 0.3) is 11.0 Å². The van der Waals surface area contributed by atoms with Crippen LogP contribution in [0.4, 0.5) is 11.4 Å². The Morgan fingerprint density at radius 3 is 2.03 bits per heavy atom. The quantitative estimate of drug-likeness (QED) is 0.419. The van der Waals surface area contributed by atoms with E-state index in [1.807, 2.05) is 0 Å². The zero-order valence-electron chi connectivity index (χ0n) is 16.0. The standard InChI is InChI=1S/C19H16N4O5S3/c1-28-15-9-5-13(6-10-15)22-30(24,25)16-11-7-14(8-12-16)23-31(26,27)18-4-2-3-17-19(18)21-29-20-17/h2-12,22-23H,1H3. The summed E-state index contributed by atoms with van der Waals surface area (Å²) in [5, 5.41) is 0. The smallest absolute Gasteiger partial charge is 0.264 e. The molecule has 0 unspecified atom stereocenters. The van der Waals surface area contributed by atoms with E-state index in [-0.39, 0.29) is 21.0 Å². The number of benzene rings is 3. The number of hydrogen-bond donors (Lipinski definition) is 2. The summed E-state index contributed by atoms with van der Waals surface area (Å²) in [6.45, 7) is 0. The maximum Gasteiger partial charge on any atom is 0.264 e. The van der Waals surface area contributed by atoms with Gasteiger partial charge in [-0.15, -0.1) is 0 Å². The van der Waals surface area contributed by atoms with Gasteiger partial charge in [0.15, 0.2) is 0 Å². The Labute approximate surface area is 183 Å². The van der Waals surface area contributed by atoms with Gasteiger partial charge in [-0.2, -0.15) is 8.75 Å². The maximum atomic E-state index is 12.8. The first kappa shape index (κ1) is 21.0. The summed E-state index contributed by atoms with van der Waals surface area (Å²) in [7, 11) is -6.27. The topological polar surface area (TPSA) is 127 Å². The van der Waals surface area contributed by atoms with Crippen LogP contribution in [0.5, 0.6) is 5.75 Å². The van der Waals surface area contributed by atoms with Gasteiger partial charge in [0.2, 0.25) is 0 Å². The third-order valence-electron chi connectivity index (χ3n) is 4.30. The van der Waals surface area contributed by atoms with E-state index in [2.05, 4.69) is 18.2 Å². The summed E-state index contributed by atoms with van der Waals surface area (Å²) >= 11 is 0.924. The minimum Gasteiger partial charge on any atom is -0.497 e. The van der Waals surface area contributed by atoms with Gasteiger partial charge in [0.05, 0.1) is 23.7 Å². The Balaban J connectivity index is 1.54. The second-order valence-electron chi connectivity index (χ2n) is 6.35. The van der Waals surface area contributed by atoms with E-state index >= 15 is 0 Å². The van der Waals surface area contributed by atoms with Crippen molar-refractivity contribution in [1.82, 2.24) is 8.75 Å². The molecule has 0 aliphatic heterocycles. The lowest BCUT2D eigenvalue weighted by molar-refractivity contribution is 0.415. The fraction of sp³-hybridized carbons (Fsp3) is 0.0526. The van der Waals surface area contributed by atoms with Crippen molar-refractivity contribution >= 4 is 54.2 Å². The Hall–Kier alpha value is -3.22. The van der Waals surface area contributed by atoms with Gasteiger partial charge in [-0.25, -0.2) is 16.8 Å². The van der Waals surface area contributed by atoms with Gasteiger partial charge in [0, 0.05) is 11.4 Å². The average Bonchev–Trinajstić information content (AvgIpc) is 3.23. The zero-order valence-corrected chi connectivity index (χ0v) is 18.5. The Morgan fingerprint density at radius 1 is 0.774 bits per heavy atom. The van der Waals surface area contributed by atoms with Crippen molar-refractivity contribution in [2.24, 2.45) is 0 Å². The normalized spacial score (nSPS) is 11.9. The molecule has 2 N–H and O–H groups in total. The average molecular weight is 477 g/mol. The van der Waals surface area contributed by atoms with Gasteiger partial charge < -0.3 is 4.74 Å². The number of nitrogens with one attached hydrogen (secondary N) is 2. The summed E-state index contributed by atoms with van der Waals surface area (Å²) in [4.78, 5) is -0.0197. The maximum absolute atomic E-state index is 12.8. The summed E-state index contributed by atoms with van der Waals surface area (Å²) in [5.74, 6) is 0.601. The van der Waals surface area contributed by atoms with E-state index < -0.39 is 20.0 Å². The highest BCUT2D eigenvalue weighted by molar-refractivity contribution is 7.93. The number of anilines is 2. The lowest BCUT2D eigenvalue weighted by Gasteiger charge is -2.11. The number of ether oxygens (including phenoxy) is 1. The first-order chi connectivity index (χ1) is 14.8. The molecule has 0 atom stereocenters. The van der Waals surface area contributed by atoms with Crippen molar-refractivity contribution in [3.8, 4) is 5.75 Å². The number of methoxy groups -OCH3 is 1. The van der Waals surface area contributed by atoms with Crippen LogP contribution in [0, 0.1) is 0 Å². The fourth-order valence-corrected chi connectivity index (χ4v) is 5.67. The largest absolute Gasteiger partial charge is 0.497 e. The zero-order chi connectivity index (χ0) is 22.1. The number of hydrogen-bond acceptors (Lipinski definition) is 8. The molecule has 0 aliphatic rings. The molecule has 4 aromatic rings. The molecule has 0 aliphatic carbocycles. The highest BCUT2D eigenvalue weighted by Gasteiger charge is 2.20. The van der Waals surface area contributed by atoms with Crippen LogP contribution in [0.3, 0.4) is 0 Å². The van der Waals surface area contributed by atoms with Gasteiger partial charge in [0.25, 0.3) is 20.0 Å². The summed E-state index contributed by atoms with van der Waals surface area (Å²) in [6.07, 6.45) is 0. The third-order valence-corrected chi connectivity index (χ3v) is 7.65. The van der Waals surface area contributed by atoms with E-state index in [4.69, 9.17) is 4.74 Å². The molecule has 1 aromatic heterocycles. The first-order valence-electron chi connectivity index (χ1n) is 8.79. The molecule has 4 rings (SSSR count). The van der Waals surface area contributed by atoms with Gasteiger partial charge in [-0.1, -0.05) is 6.07 Å². The van der Waals surface area contributed by atoms with Crippen molar-refractivity contribution in [1.29, 1.82) is 0 Å². The van der Waals surface area contributed by atoms with Crippen LogP contribution in [0.1, 0.15) is 0 Å². The molecular weight excluding hydrogens is 460 g/mol. The number of aromatic nitrogens is 2. The second-order valence-corrected chi connectivity index (χ2v) is 10.2. The van der Waals surface area contributed by atoms with Crippen LogP contribution in [-0.2, 0) is 20.0 Å². The fourth-order valence-electron chi connectivity index (χ4n) is 2.78. The summed E-state index contributed by atoms with van der Waals surface area (Å²) in [6, 6.07) is 16.5. The van der Waals surface area contributed by atoms with Gasteiger partial charge in [-0.05, 0) is 60.7 Å². The highest BCUT2D eigenvalue weighted by Crippen LogP contribution is 2.25. The van der Waals surface area contributed by atoms with Crippen LogP contribution in [-0.4, -0.2) is 32.7 Å². The third kappa shape index (κ3) is 4.45. The van der Waals surface area contributed by atoms with E-state index in [1.54, 1.807) is 36.4 Å². The van der Waals surface area contributed by atoms with E-state index in [0.717, 1.165) is 11.7 Å². The van der Waals surface area contributed by atoms with Crippen molar-refractivity contribution in [2.45, 2.75) is 9.79 Å². The van der Waals surface area contributed by atoms with Gasteiger partial charge in [-0.3, -0.25) is 9.44 Å². The Morgan fingerprint density at radius 2 is 1.39 bits per heavy atom. The van der Waals surface area contributed by atoms with Crippen molar-refractivity contribution in [2.75, 3.05) is 16.6 Å². The minimum absolute atomic E-state index is 0.00313. The molecule has 0 fully saturated rings. The monoisotopic (exact) mass is 476 g/mol. The SMILES string of the molecule is COc1ccc(NS(=O)(=O)c2ccc(NS(=O)(=O)c3cccc4nsnc34)cc2)cc1. The summed E-state index contributed by atoms with van der Waals surface area (Å²) in [5.41, 5.74) is 1.35. The second kappa shape index (κ2) is 8.13. The van der Waals surface area contributed by atoms with Crippen LogP contribution in [0.15, 0.2) is 76.5 Å². The van der Waals surface area contributed by atoms with E-state index in [0.29, 0.717) is 17.0 Å². The minimum atomic E-state index is -3.94. The van der Waals surface area contributed by atoms with Gasteiger partial charge >= 0.3 is 0 Å². The van der Waals surface area contributed by atoms with E-state index in [9.17, 15) is 16.8 Å². The van der Waals surface area contributed by atoms with Crippen molar-refractivity contribution in [3.63, 3.8) is 0 Å². The lowest BCUT2D eigenvalue weighted by atomic mass is 10.3. The predicted molar refractivity (Wildman–Crippen MR) is 118 cm³/mol. The van der Waals surface area contributed by atoms with Crippen molar-refractivity contribution < 1.29 is 21.6 Å². The molecule has 160 valence electrons. The van der Waals surface area contributed by atoms with Crippen LogP contribution < -0.4 is 14.2 Å². The summed E-state index contributed by atoms with van der Waals surface area (Å²) < 4.78 is 68.8. The number of rotatable bonds is 7. The molecule has 0 spiro atoms. The Bertz CT molecular complexity index is 1430. The molecule has 0 radical (unpaired) electrons. The van der Waals surface area contributed by atoms with Crippen LogP contribution in [0.2, 0.25) is 0 Å².